The number of nitrogens with zero attached hydrogens (tertiary/aromatic N) is 6. The monoisotopic (exact) mass is 346 g/mol. The van der Waals surface area contributed by atoms with Gasteiger partial charge in [-0.3, -0.25) is 14.6 Å². The van der Waals surface area contributed by atoms with Gasteiger partial charge >= 0.3 is 0 Å². The van der Waals surface area contributed by atoms with E-state index in [9.17, 15) is 9.59 Å². The minimum atomic E-state index is -1.04. The Morgan fingerprint density at radius 3 is 2.54 bits per heavy atom. The molecule has 8 nitrogen and oxygen atoms in total. The van der Waals surface area contributed by atoms with Gasteiger partial charge in [-0.05, 0) is 24.3 Å². The van der Waals surface area contributed by atoms with Gasteiger partial charge in [0.15, 0.2) is 0 Å². The molecular weight excluding hydrogens is 332 g/mol. The van der Waals surface area contributed by atoms with Gasteiger partial charge < -0.3 is 0 Å². The number of hydrogen-bond donors (Lipinski definition) is 0. The molecule has 1 amide bonds. The molecule has 1 aliphatic rings. The van der Waals surface area contributed by atoms with Gasteiger partial charge in [-0.2, -0.15) is 5.10 Å². The highest BCUT2D eigenvalue weighted by atomic mass is 16.2. The number of aromatic nitrogens is 4. The van der Waals surface area contributed by atoms with Crippen molar-refractivity contribution >= 4 is 17.4 Å². The molecule has 0 saturated heterocycles. The number of pyridine rings is 1. The molecule has 0 bridgehead atoms. The fourth-order valence-electron chi connectivity index (χ4n) is 2.79. The van der Waals surface area contributed by atoms with E-state index in [1.165, 1.54) is 22.9 Å². The number of benzene rings is 1. The lowest BCUT2D eigenvalue weighted by Gasteiger charge is -2.08. The van der Waals surface area contributed by atoms with Crippen LogP contribution in [-0.4, -0.2) is 49.4 Å². The Morgan fingerprint density at radius 2 is 1.81 bits per heavy atom. The largest absolute Gasteiger partial charge is 0.291 e. The number of hydrogen-bond acceptors (Lipinski definition) is 6. The Labute approximate surface area is 148 Å². The molecule has 1 aliphatic heterocycles. The molecule has 1 unspecified atom stereocenters. The van der Waals surface area contributed by atoms with Crippen molar-refractivity contribution in [3.05, 3.63) is 72.3 Å². The van der Waals surface area contributed by atoms with Crippen molar-refractivity contribution in [1.29, 1.82) is 0 Å². The number of para-hydroxylation sites is 1. The van der Waals surface area contributed by atoms with Crippen LogP contribution in [0.2, 0.25) is 0 Å². The highest BCUT2D eigenvalue weighted by Gasteiger charge is 2.41. The average Bonchev–Trinajstić information content (AvgIpc) is 3.29. The lowest BCUT2D eigenvalue weighted by atomic mass is 9.92. The summed E-state index contributed by atoms with van der Waals surface area (Å²) in [5.74, 6) is -1.86. The Kier molecular flexibility index (Phi) is 3.85. The topological polar surface area (TPSA) is 93.3 Å². The Balaban J connectivity index is 1.68. The number of Topliss-reactive ketones (excluding diaryl/α,β-unsaturated/α-hetero) is 1. The van der Waals surface area contributed by atoms with E-state index in [1.54, 1.807) is 24.5 Å². The first kappa shape index (κ1) is 15.8. The number of carbonyl (C=O) groups is 2. The van der Waals surface area contributed by atoms with Crippen LogP contribution in [0.1, 0.15) is 16.1 Å². The van der Waals surface area contributed by atoms with Crippen LogP contribution in [0, 0.1) is 5.92 Å². The Hall–Kier alpha value is -3.68. The summed E-state index contributed by atoms with van der Waals surface area (Å²) in [7, 11) is 1.53. The second kappa shape index (κ2) is 6.32. The third kappa shape index (κ3) is 2.67. The van der Waals surface area contributed by atoms with Gasteiger partial charge in [-0.15, -0.1) is 5.10 Å². The van der Waals surface area contributed by atoms with E-state index in [2.05, 4.69) is 20.4 Å². The number of rotatable bonds is 4. The van der Waals surface area contributed by atoms with E-state index >= 15 is 0 Å². The number of amides is 1. The van der Waals surface area contributed by atoms with E-state index < -0.39 is 17.6 Å². The zero-order valence-electron chi connectivity index (χ0n) is 13.9. The van der Waals surface area contributed by atoms with Gasteiger partial charge in [0.25, 0.3) is 5.91 Å². The molecule has 0 fully saturated rings. The van der Waals surface area contributed by atoms with Gasteiger partial charge in [-0.25, -0.2) is 9.69 Å². The molecule has 1 atom stereocenters. The molecule has 26 heavy (non-hydrogen) atoms. The summed E-state index contributed by atoms with van der Waals surface area (Å²) in [6, 6.07) is 12.7. The van der Waals surface area contributed by atoms with Crippen molar-refractivity contribution in [3.63, 3.8) is 0 Å². The van der Waals surface area contributed by atoms with Crippen LogP contribution < -0.4 is 0 Å². The van der Waals surface area contributed by atoms with Crippen molar-refractivity contribution in [3.8, 4) is 5.69 Å². The average molecular weight is 346 g/mol. The highest BCUT2D eigenvalue weighted by molar-refractivity contribution is 6.30. The summed E-state index contributed by atoms with van der Waals surface area (Å²) in [6.07, 6.45) is 4.70. The maximum atomic E-state index is 13.0. The van der Waals surface area contributed by atoms with Crippen LogP contribution in [0.5, 0.6) is 0 Å². The Bertz CT molecular complexity index is 997. The maximum absolute atomic E-state index is 13.0. The van der Waals surface area contributed by atoms with Crippen LogP contribution in [-0.2, 0) is 4.79 Å². The first-order valence-electron chi connectivity index (χ1n) is 7.93. The smallest absolute Gasteiger partial charge is 0.259 e. The first-order chi connectivity index (χ1) is 12.6. The van der Waals surface area contributed by atoms with Gasteiger partial charge in [0, 0.05) is 25.0 Å². The van der Waals surface area contributed by atoms with Crippen LogP contribution in [0.3, 0.4) is 0 Å². The van der Waals surface area contributed by atoms with Crippen LogP contribution in [0.4, 0.5) is 0 Å². The molecule has 3 aromatic rings. The van der Waals surface area contributed by atoms with Crippen molar-refractivity contribution in [2.24, 2.45) is 11.0 Å². The maximum Gasteiger partial charge on any atom is 0.259 e. The summed E-state index contributed by atoms with van der Waals surface area (Å²) in [5.41, 5.74) is 1.95. The SMILES string of the molecule is CN1N=C(c2ccncc2)C(C(=O)c2cn(-c3ccccc3)nn2)C1=O. The van der Waals surface area contributed by atoms with Crippen LogP contribution >= 0.6 is 0 Å². The Morgan fingerprint density at radius 1 is 1.08 bits per heavy atom. The van der Waals surface area contributed by atoms with E-state index in [0.717, 1.165) is 5.69 Å². The zero-order valence-corrected chi connectivity index (χ0v) is 13.9. The van der Waals surface area contributed by atoms with Crippen molar-refractivity contribution in [2.75, 3.05) is 7.05 Å². The van der Waals surface area contributed by atoms with Crippen molar-refractivity contribution in [1.82, 2.24) is 25.0 Å². The number of carbonyl (C=O) groups excluding carboxylic acids is 2. The van der Waals surface area contributed by atoms with E-state index in [-0.39, 0.29) is 5.69 Å². The van der Waals surface area contributed by atoms with E-state index in [0.29, 0.717) is 11.3 Å². The molecule has 0 radical (unpaired) electrons. The van der Waals surface area contributed by atoms with Gasteiger partial charge in [0.1, 0.15) is 11.6 Å². The van der Waals surface area contributed by atoms with Gasteiger partial charge in [-0.1, -0.05) is 23.4 Å². The molecule has 1 aromatic carbocycles. The highest BCUT2D eigenvalue weighted by Crippen LogP contribution is 2.23. The summed E-state index contributed by atoms with van der Waals surface area (Å²) >= 11 is 0. The fraction of sp³-hybridized carbons (Fsp3) is 0.111. The molecule has 3 heterocycles. The summed E-state index contributed by atoms with van der Waals surface area (Å²) in [4.78, 5) is 29.4. The second-order valence-corrected chi connectivity index (χ2v) is 5.76. The minimum absolute atomic E-state index is 0.115. The predicted octanol–water partition coefficient (Wildman–Crippen LogP) is 1.34. The predicted molar refractivity (Wildman–Crippen MR) is 92.7 cm³/mol. The number of ketones is 1. The molecule has 4 rings (SSSR count). The summed E-state index contributed by atoms with van der Waals surface area (Å²) in [6.45, 7) is 0. The second-order valence-electron chi connectivity index (χ2n) is 5.76. The van der Waals surface area contributed by atoms with E-state index in [1.807, 2.05) is 30.3 Å². The van der Waals surface area contributed by atoms with E-state index in [4.69, 9.17) is 0 Å². The molecule has 8 heteroatoms. The lowest BCUT2D eigenvalue weighted by molar-refractivity contribution is -0.129. The summed E-state index contributed by atoms with van der Waals surface area (Å²) < 4.78 is 1.50. The van der Waals surface area contributed by atoms with Crippen LogP contribution in [0.25, 0.3) is 5.69 Å². The first-order valence-corrected chi connectivity index (χ1v) is 7.93. The summed E-state index contributed by atoms with van der Waals surface area (Å²) in [5, 5.41) is 13.4. The molecule has 0 saturated carbocycles. The molecule has 2 aromatic heterocycles. The molecule has 0 spiro atoms. The molecule has 0 aliphatic carbocycles. The number of hydrazone groups is 1. The zero-order chi connectivity index (χ0) is 18.1. The van der Waals surface area contributed by atoms with Crippen molar-refractivity contribution in [2.45, 2.75) is 0 Å². The van der Waals surface area contributed by atoms with Crippen LogP contribution in [0.15, 0.2) is 66.2 Å². The van der Waals surface area contributed by atoms with Gasteiger partial charge in [0.05, 0.1) is 17.6 Å². The standard InChI is InChI=1S/C18H14N6O2/c1-23-18(26)15(16(21-23)12-7-9-19-10-8-12)17(25)14-11-24(22-20-14)13-5-3-2-4-6-13/h2-11,15H,1H3. The van der Waals surface area contributed by atoms with Gasteiger partial charge in [0.2, 0.25) is 5.78 Å². The normalized spacial score (nSPS) is 16.7. The third-order valence-electron chi connectivity index (χ3n) is 4.10. The molecule has 0 N–H and O–H groups in total. The minimum Gasteiger partial charge on any atom is -0.291 e. The quantitative estimate of drug-likeness (QED) is 0.525. The molecule has 128 valence electrons. The fourth-order valence-corrected chi connectivity index (χ4v) is 2.79. The third-order valence-corrected chi connectivity index (χ3v) is 4.10. The molecular formula is C18H14N6O2. The van der Waals surface area contributed by atoms with Crippen molar-refractivity contribution < 1.29 is 9.59 Å². The lowest BCUT2D eigenvalue weighted by Crippen LogP contribution is -2.32.